The molecular weight excluding hydrogens is 245 g/mol. The molecule has 0 fully saturated rings. The monoisotopic (exact) mass is 265 g/mol. The lowest BCUT2D eigenvalue weighted by Gasteiger charge is -2.24. The van der Waals surface area contributed by atoms with Crippen LogP contribution in [0, 0.1) is 11.2 Å². The van der Waals surface area contributed by atoms with Crippen LogP contribution in [0.2, 0.25) is 0 Å². The van der Waals surface area contributed by atoms with Gasteiger partial charge in [-0.05, 0) is 51.0 Å². The molecule has 1 unspecified atom stereocenters. The van der Waals surface area contributed by atoms with E-state index in [1.165, 1.54) is 6.07 Å². The van der Waals surface area contributed by atoms with Crippen molar-refractivity contribution in [3.63, 3.8) is 0 Å². The number of aliphatic carboxylic acids is 1. The van der Waals surface area contributed by atoms with Crippen molar-refractivity contribution in [1.29, 1.82) is 0 Å². The summed E-state index contributed by atoms with van der Waals surface area (Å²) in [6.07, 6.45) is 0.523. The molecule has 1 aromatic rings. The summed E-state index contributed by atoms with van der Waals surface area (Å²) in [5.74, 6) is -0.980. The van der Waals surface area contributed by atoms with Crippen molar-refractivity contribution in [2.75, 3.05) is 18.0 Å². The van der Waals surface area contributed by atoms with E-state index >= 15 is 0 Å². The first-order valence-corrected chi connectivity index (χ1v) is 6.63. The number of nitrogens with zero attached hydrogens (tertiary/aromatic N) is 1. The maximum Gasteiger partial charge on any atom is 0.309 e. The Bertz CT molecular complexity index is 499. The van der Waals surface area contributed by atoms with E-state index in [0.717, 1.165) is 24.3 Å². The molecule has 1 atom stereocenters. The Labute approximate surface area is 113 Å². The minimum absolute atomic E-state index is 0.0803. The van der Waals surface area contributed by atoms with E-state index in [1.54, 1.807) is 26.0 Å². The highest BCUT2D eigenvalue weighted by Gasteiger charge is 2.36. The zero-order chi connectivity index (χ0) is 14.2. The Balaban J connectivity index is 2.31. The molecule has 1 N–H and O–H groups in total. The average molecular weight is 265 g/mol. The predicted molar refractivity (Wildman–Crippen MR) is 73.1 cm³/mol. The van der Waals surface area contributed by atoms with Crippen LogP contribution in [-0.2, 0) is 4.79 Å². The smallest absolute Gasteiger partial charge is 0.309 e. The second-order valence-corrected chi connectivity index (χ2v) is 5.83. The molecule has 104 valence electrons. The fraction of sp³-hybridized carbons (Fsp3) is 0.533. The van der Waals surface area contributed by atoms with Gasteiger partial charge in [0, 0.05) is 24.7 Å². The molecule has 3 nitrogen and oxygen atoms in total. The highest BCUT2D eigenvalue weighted by molar-refractivity contribution is 5.74. The number of anilines is 1. The van der Waals surface area contributed by atoms with Gasteiger partial charge in [0.25, 0.3) is 0 Å². The van der Waals surface area contributed by atoms with Gasteiger partial charge >= 0.3 is 5.97 Å². The molecule has 0 aromatic heterocycles. The first-order valence-electron chi connectivity index (χ1n) is 6.63. The van der Waals surface area contributed by atoms with Crippen LogP contribution in [0.15, 0.2) is 18.2 Å². The van der Waals surface area contributed by atoms with Crippen LogP contribution in [0.4, 0.5) is 10.1 Å². The summed E-state index contributed by atoms with van der Waals surface area (Å²) in [5.41, 5.74) is 1.18. The molecule has 0 radical (unpaired) electrons. The zero-order valence-electron chi connectivity index (χ0n) is 11.6. The Morgan fingerprint density at radius 1 is 1.53 bits per heavy atom. The lowest BCUT2D eigenvalue weighted by Crippen LogP contribution is -2.28. The van der Waals surface area contributed by atoms with Crippen molar-refractivity contribution < 1.29 is 14.3 Å². The molecule has 0 bridgehead atoms. The van der Waals surface area contributed by atoms with E-state index in [-0.39, 0.29) is 11.7 Å². The highest BCUT2D eigenvalue weighted by atomic mass is 19.1. The normalized spacial score (nSPS) is 18.5. The number of hydrogen-bond donors (Lipinski definition) is 1. The van der Waals surface area contributed by atoms with Gasteiger partial charge in [-0.15, -0.1) is 0 Å². The summed E-state index contributed by atoms with van der Waals surface area (Å²) in [6.45, 7) is 7.12. The molecule has 0 spiro atoms. The molecule has 0 aliphatic carbocycles. The molecule has 0 amide bonds. The summed E-state index contributed by atoms with van der Waals surface area (Å²) in [6, 6.07) is 4.81. The van der Waals surface area contributed by atoms with Crippen LogP contribution < -0.4 is 4.90 Å². The average Bonchev–Trinajstić information content (AvgIpc) is 2.66. The second kappa shape index (κ2) is 4.83. The number of halogens is 1. The fourth-order valence-electron chi connectivity index (χ4n) is 2.78. The van der Waals surface area contributed by atoms with E-state index in [4.69, 9.17) is 0 Å². The highest BCUT2D eigenvalue weighted by Crippen LogP contribution is 2.42. The molecule has 1 heterocycles. The third-order valence-electron chi connectivity index (χ3n) is 3.93. The maximum absolute atomic E-state index is 13.4. The van der Waals surface area contributed by atoms with E-state index in [0.29, 0.717) is 6.42 Å². The van der Waals surface area contributed by atoms with E-state index < -0.39 is 11.4 Å². The Kier molecular flexibility index (Phi) is 3.52. The molecule has 1 aliphatic rings. The van der Waals surface area contributed by atoms with Crippen LogP contribution in [-0.4, -0.2) is 24.2 Å². The van der Waals surface area contributed by atoms with Crippen molar-refractivity contribution in [1.82, 2.24) is 0 Å². The number of hydrogen-bond acceptors (Lipinski definition) is 2. The number of carboxylic acids is 1. The molecule has 1 aliphatic heterocycles. The lowest BCUT2D eigenvalue weighted by atomic mass is 9.81. The third-order valence-corrected chi connectivity index (χ3v) is 3.93. The molecule has 4 heteroatoms. The van der Waals surface area contributed by atoms with Crippen LogP contribution in [0.3, 0.4) is 0 Å². The van der Waals surface area contributed by atoms with Crippen molar-refractivity contribution in [2.24, 2.45) is 5.41 Å². The van der Waals surface area contributed by atoms with Crippen molar-refractivity contribution in [3.05, 3.63) is 29.6 Å². The largest absolute Gasteiger partial charge is 0.481 e. The van der Waals surface area contributed by atoms with Gasteiger partial charge in [-0.25, -0.2) is 4.39 Å². The van der Waals surface area contributed by atoms with Gasteiger partial charge in [0.05, 0.1) is 5.41 Å². The molecule has 1 aromatic carbocycles. The maximum atomic E-state index is 13.4. The molecule has 0 saturated carbocycles. The number of likely N-dealkylation sites (N-methyl/N-ethyl adjacent to an activating group) is 1. The molecule has 19 heavy (non-hydrogen) atoms. The van der Waals surface area contributed by atoms with E-state index in [1.807, 2.05) is 0 Å². The van der Waals surface area contributed by atoms with Gasteiger partial charge in [-0.3, -0.25) is 4.79 Å². The molecule has 2 rings (SSSR count). The van der Waals surface area contributed by atoms with Gasteiger partial charge in [-0.1, -0.05) is 0 Å². The number of benzene rings is 1. The van der Waals surface area contributed by atoms with Gasteiger partial charge in [0.15, 0.2) is 0 Å². The van der Waals surface area contributed by atoms with Gasteiger partial charge in [0.2, 0.25) is 0 Å². The zero-order valence-corrected chi connectivity index (χ0v) is 11.6. The van der Waals surface area contributed by atoms with E-state index in [2.05, 4.69) is 11.8 Å². The number of rotatable bonds is 4. The lowest BCUT2D eigenvalue weighted by molar-refractivity contribution is -0.147. The second-order valence-electron chi connectivity index (χ2n) is 5.83. The van der Waals surface area contributed by atoms with Crippen molar-refractivity contribution in [2.45, 2.75) is 33.1 Å². The van der Waals surface area contributed by atoms with Crippen LogP contribution in [0.25, 0.3) is 0 Å². The number of fused-ring (bicyclic) bond motifs is 1. The fourth-order valence-corrected chi connectivity index (χ4v) is 2.78. The topological polar surface area (TPSA) is 40.5 Å². The summed E-state index contributed by atoms with van der Waals surface area (Å²) in [5, 5.41) is 9.24. The quantitative estimate of drug-likeness (QED) is 0.908. The standard InChI is InChI=1S/C15H20FNO2/c1-4-17-9-10(8-15(2,3)14(18)19)12-7-11(16)5-6-13(12)17/h5-7,10H,4,8-9H2,1-3H3,(H,18,19). The first-order chi connectivity index (χ1) is 8.85. The van der Waals surface area contributed by atoms with E-state index in [9.17, 15) is 14.3 Å². The third kappa shape index (κ3) is 2.57. The Morgan fingerprint density at radius 3 is 2.79 bits per heavy atom. The summed E-state index contributed by atoms with van der Waals surface area (Å²) < 4.78 is 13.4. The molecule has 0 saturated heterocycles. The van der Waals surface area contributed by atoms with Crippen molar-refractivity contribution in [3.8, 4) is 0 Å². The summed E-state index contributed by atoms with van der Waals surface area (Å²) >= 11 is 0. The first kappa shape index (κ1) is 13.8. The van der Waals surface area contributed by atoms with Gasteiger partial charge in [-0.2, -0.15) is 0 Å². The molecular formula is C15H20FNO2. The minimum atomic E-state index is -0.805. The SMILES string of the molecule is CCN1CC(CC(C)(C)C(=O)O)c2cc(F)ccc21. The van der Waals surface area contributed by atoms with Crippen LogP contribution in [0.1, 0.15) is 38.7 Å². The summed E-state index contributed by atoms with van der Waals surface area (Å²) in [4.78, 5) is 13.4. The minimum Gasteiger partial charge on any atom is -0.481 e. The number of carboxylic acid groups (broad SMARTS) is 1. The van der Waals surface area contributed by atoms with Gasteiger partial charge in [0.1, 0.15) is 5.82 Å². The Hall–Kier alpha value is -1.58. The predicted octanol–water partition coefficient (Wildman–Crippen LogP) is 3.25. The van der Waals surface area contributed by atoms with Crippen molar-refractivity contribution >= 4 is 11.7 Å². The van der Waals surface area contributed by atoms with Crippen LogP contribution in [0.5, 0.6) is 0 Å². The summed E-state index contributed by atoms with van der Waals surface area (Å²) in [7, 11) is 0. The van der Waals surface area contributed by atoms with Crippen LogP contribution >= 0.6 is 0 Å². The Morgan fingerprint density at radius 2 is 2.21 bits per heavy atom. The number of carbonyl (C=O) groups is 1. The van der Waals surface area contributed by atoms with Gasteiger partial charge < -0.3 is 10.0 Å².